The molecule has 1 saturated heterocycles. The smallest absolute Gasteiger partial charge is 0.322 e. The van der Waals surface area contributed by atoms with E-state index in [-0.39, 0.29) is 17.1 Å². The van der Waals surface area contributed by atoms with E-state index in [1.807, 2.05) is 23.6 Å². The Morgan fingerprint density at radius 3 is 2.43 bits per heavy atom. The van der Waals surface area contributed by atoms with Crippen LogP contribution in [0.25, 0.3) is 11.4 Å². The highest BCUT2D eigenvalue weighted by molar-refractivity contribution is 7.99. The second-order valence-corrected chi connectivity index (χ2v) is 11.5. The van der Waals surface area contributed by atoms with Crippen molar-refractivity contribution in [3.8, 4) is 11.4 Å². The van der Waals surface area contributed by atoms with Crippen LogP contribution in [-0.2, 0) is 21.5 Å². The van der Waals surface area contributed by atoms with E-state index in [1.165, 1.54) is 17.3 Å². The lowest BCUT2D eigenvalue weighted by Crippen LogP contribution is -2.51. The lowest BCUT2D eigenvalue weighted by Gasteiger charge is -2.33. The summed E-state index contributed by atoms with van der Waals surface area (Å²) in [7, 11) is 0. The Bertz CT molecular complexity index is 1110. The van der Waals surface area contributed by atoms with Crippen molar-refractivity contribution in [2.24, 2.45) is 5.92 Å². The fourth-order valence-corrected chi connectivity index (χ4v) is 5.41. The number of carbonyl (C=O) groups excluding carboxylic acids is 3. The Balaban J connectivity index is 1.39. The standard InChI is InChI=1S/C25H34N6O3S/c1-6-30-20(17-7-9-18(10-8-17)24(3,4)5)27-28-23(30)35-15-19(32)29-31-21(33)25(26-22(31)34)13-11-16(2)12-14-25/h7-10,16H,6,11-15H2,1-5H3,(H,26,34)(H,29,32). The number of nitrogens with one attached hydrogen (secondary N) is 2. The SMILES string of the molecule is CCn1c(SCC(=O)NN2C(=O)NC3(CCC(C)CC3)C2=O)nnc1-c1ccc(C(C)(C)C)cc1. The van der Waals surface area contributed by atoms with Crippen LogP contribution in [0.3, 0.4) is 0 Å². The molecule has 1 aromatic heterocycles. The van der Waals surface area contributed by atoms with Gasteiger partial charge in [-0.2, -0.15) is 5.01 Å². The van der Waals surface area contributed by atoms with Crippen molar-refractivity contribution in [3.05, 3.63) is 29.8 Å². The summed E-state index contributed by atoms with van der Waals surface area (Å²) in [6.07, 6.45) is 2.94. The average Bonchev–Trinajstić information content (AvgIpc) is 3.33. The predicted molar refractivity (Wildman–Crippen MR) is 134 cm³/mol. The molecule has 35 heavy (non-hydrogen) atoms. The summed E-state index contributed by atoms with van der Waals surface area (Å²) < 4.78 is 1.95. The lowest BCUT2D eigenvalue weighted by molar-refractivity contribution is -0.139. The van der Waals surface area contributed by atoms with Crippen LogP contribution in [0.1, 0.15) is 65.9 Å². The van der Waals surface area contributed by atoms with Gasteiger partial charge in [-0.3, -0.25) is 15.0 Å². The van der Waals surface area contributed by atoms with Crippen molar-refractivity contribution >= 4 is 29.6 Å². The first-order valence-electron chi connectivity index (χ1n) is 12.2. The van der Waals surface area contributed by atoms with Crippen LogP contribution in [0, 0.1) is 5.92 Å². The number of hydrogen-bond acceptors (Lipinski definition) is 6. The third-order valence-corrected chi connectivity index (χ3v) is 7.87. The zero-order valence-electron chi connectivity index (χ0n) is 21.1. The van der Waals surface area contributed by atoms with Gasteiger partial charge in [0.05, 0.1) is 5.75 Å². The van der Waals surface area contributed by atoms with Crippen molar-refractivity contribution in [1.29, 1.82) is 0 Å². The number of hydrazine groups is 1. The van der Waals surface area contributed by atoms with Gasteiger partial charge in [0.25, 0.3) is 5.91 Å². The average molecular weight is 499 g/mol. The highest BCUT2D eigenvalue weighted by Crippen LogP contribution is 2.36. The Kier molecular flexibility index (Phi) is 6.95. The third kappa shape index (κ3) is 5.07. The number of thioether (sulfide) groups is 1. The van der Waals surface area contributed by atoms with Gasteiger partial charge in [0.2, 0.25) is 5.91 Å². The van der Waals surface area contributed by atoms with Gasteiger partial charge in [0.15, 0.2) is 11.0 Å². The van der Waals surface area contributed by atoms with E-state index in [0.717, 1.165) is 29.2 Å². The van der Waals surface area contributed by atoms with Crippen LogP contribution in [0.15, 0.2) is 29.4 Å². The molecule has 0 bridgehead atoms. The molecule has 2 aromatic rings. The number of aromatic nitrogens is 3. The summed E-state index contributed by atoms with van der Waals surface area (Å²) in [6.45, 7) is 11.3. The summed E-state index contributed by atoms with van der Waals surface area (Å²) in [4.78, 5) is 38.0. The zero-order chi connectivity index (χ0) is 25.4. The Morgan fingerprint density at radius 1 is 1.17 bits per heavy atom. The molecule has 0 unspecified atom stereocenters. The third-order valence-electron chi connectivity index (χ3n) is 6.90. The largest absolute Gasteiger partial charge is 0.344 e. The summed E-state index contributed by atoms with van der Waals surface area (Å²) in [5, 5.41) is 12.9. The summed E-state index contributed by atoms with van der Waals surface area (Å²) in [5.74, 6) is 0.454. The molecule has 10 heteroatoms. The van der Waals surface area contributed by atoms with Gasteiger partial charge < -0.3 is 9.88 Å². The van der Waals surface area contributed by atoms with E-state index in [4.69, 9.17) is 0 Å². The van der Waals surface area contributed by atoms with Crippen LogP contribution >= 0.6 is 11.8 Å². The van der Waals surface area contributed by atoms with Crippen LogP contribution in [-0.4, -0.2) is 48.9 Å². The van der Waals surface area contributed by atoms with Crippen molar-refractivity contribution in [2.45, 2.75) is 83.0 Å². The highest BCUT2D eigenvalue weighted by Gasteiger charge is 2.52. The normalized spacial score (nSPS) is 22.5. The van der Waals surface area contributed by atoms with Crippen molar-refractivity contribution < 1.29 is 14.4 Å². The predicted octanol–water partition coefficient (Wildman–Crippen LogP) is 3.89. The van der Waals surface area contributed by atoms with E-state index < -0.39 is 17.5 Å². The number of benzene rings is 1. The molecule has 4 rings (SSSR count). The number of amides is 4. The molecular formula is C25H34N6O3S. The molecule has 2 N–H and O–H groups in total. The molecule has 2 heterocycles. The van der Waals surface area contributed by atoms with E-state index in [2.05, 4.69) is 60.8 Å². The number of rotatable bonds is 6. The van der Waals surface area contributed by atoms with Crippen molar-refractivity contribution in [1.82, 2.24) is 30.5 Å². The van der Waals surface area contributed by atoms with E-state index in [1.54, 1.807) is 0 Å². The quantitative estimate of drug-likeness (QED) is 0.462. The van der Waals surface area contributed by atoms with Crippen molar-refractivity contribution in [2.75, 3.05) is 5.75 Å². The van der Waals surface area contributed by atoms with E-state index in [0.29, 0.717) is 30.5 Å². The Labute approximate surface area is 210 Å². The minimum absolute atomic E-state index is 0.00217. The molecule has 2 fully saturated rings. The molecule has 1 spiro atoms. The highest BCUT2D eigenvalue weighted by atomic mass is 32.2. The van der Waals surface area contributed by atoms with Gasteiger partial charge in [0, 0.05) is 12.1 Å². The van der Waals surface area contributed by atoms with Gasteiger partial charge in [-0.25, -0.2) is 4.79 Å². The summed E-state index contributed by atoms with van der Waals surface area (Å²) in [5.41, 5.74) is 3.85. The summed E-state index contributed by atoms with van der Waals surface area (Å²) >= 11 is 1.22. The van der Waals surface area contributed by atoms with Gasteiger partial charge >= 0.3 is 6.03 Å². The number of hydrogen-bond donors (Lipinski definition) is 2. The molecule has 0 atom stereocenters. The number of nitrogens with zero attached hydrogens (tertiary/aromatic N) is 4. The second kappa shape index (κ2) is 9.64. The van der Waals surface area contributed by atoms with Crippen LogP contribution < -0.4 is 10.7 Å². The first-order chi connectivity index (χ1) is 16.5. The molecule has 1 aliphatic carbocycles. The van der Waals surface area contributed by atoms with Gasteiger partial charge in [-0.15, -0.1) is 10.2 Å². The molecule has 1 saturated carbocycles. The fourth-order valence-electron chi connectivity index (χ4n) is 4.62. The number of imide groups is 1. The molecule has 0 radical (unpaired) electrons. The Morgan fingerprint density at radius 2 is 1.83 bits per heavy atom. The van der Waals surface area contributed by atoms with Crippen LogP contribution in [0.2, 0.25) is 0 Å². The van der Waals surface area contributed by atoms with Gasteiger partial charge in [-0.1, -0.05) is 63.7 Å². The molecule has 2 aliphatic rings. The zero-order valence-corrected chi connectivity index (χ0v) is 21.9. The van der Waals surface area contributed by atoms with Gasteiger partial charge in [0.1, 0.15) is 5.54 Å². The van der Waals surface area contributed by atoms with Crippen LogP contribution in [0.5, 0.6) is 0 Å². The van der Waals surface area contributed by atoms with E-state index >= 15 is 0 Å². The molecule has 4 amide bonds. The lowest BCUT2D eigenvalue weighted by atomic mass is 9.77. The summed E-state index contributed by atoms with van der Waals surface area (Å²) in [6, 6.07) is 7.71. The molecule has 1 aromatic carbocycles. The first kappa shape index (κ1) is 25.2. The minimum Gasteiger partial charge on any atom is -0.322 e. The molecule has 1 aliphatic heterocycles. The number of urea groups is 1. The minimum atomic E-state index is -0.885. The molecule has 188 valence electrons. The van der Waals surface area contributed by atoms with Crippen LogP contribution in [0.4, 0.5) is 4.79 Å². The maximum Gasteiger partial charge on any atom is 0.344 e. The number of carbonyl (C=O) groups is 3. The van der Waals surface area contributed by atoms with E-state index in [9.17, 15) is 14.4 Å². The van der Waals surface area contributed by atoms with Crippen molar-refractivity contribution in [3.63, 3.8) is 0 Å². The fraction of sp³-hybridized carbons (Fsp3) is 0.560. The Hall–Kier alpha value is -2.88. The second-order valence-electron chi connectivity index (χ2n) is 10.5. The van der Waals surface area contributed by atoms with Gasteiger partial charge in [-0.05, 0) is 49.5 Å². The molecule has 9 nitrogen and oxygen atoms in total. The molecular weight excluding hydrogens is 464 g/mol. The topological polar surface area (TPSA) is 109 Å². The first-order valence-corrected chi connectivity index (χ1v) is 13.2. The maximum atomic E-state index is 13.0. The monoisotopic (exact) mass is 498 g/mol. The maximum absolute atomic E-state index is 13.0.